The molecule has 2 nitrogen and oxygen atoms in total. The molecule has 1 saturated carbocycles. The summed E-state index contributed by atoms with van der Waals surface area (Å²) >= 11 is 0. The van der Waals surface area contributed by atoms with Crippen molar-refractivity contribution in [3.63, 3.8) is 0 Å². The maximum atomic E-state index is 9.91. The number of ether oxygens (including phenoxy) is 1. The van der Waals surface area contributed by atoms with Crippen LogP contribution >= 0.6 is 0 Å². The van der Waals surface area contributed by atoms with Gasteiger partial charge in [0.15, 0.2) is 0 Å². The second-order valence-corrected chi connectivity index (χ2v) is 2.65. The molecule has 0 atom stereocenters. The second-order valence-electron chi connectivity index (χ2n) is 2.65. The molecule has 0 aliphatic heterocycles. The summed E-state index contributed by atoms with van der Waals surface area (Å²) in [6, 6.07) is 0. The van der Waals surface area contributed by atoms with Gasteiger partial charge in [0.2, 0.25) is 0 Å². The molecule has 1 aliphatic rings. The first kappa shape index (κ1) is 6.59. The first-order valence-electron chi connectivity index (χ1n) is 3.44. The van der Waals surface area contributed by atoms with E-state index < -0.39 is 0 Å². The molecule has 1 rings (SSSR count). The van der Waals surface area contributed by atoms with Crippen LogP contribution in [0.3, 0.4) is 0 Å². The topological polar surface area (TPSA) is 26.3 Å². The summed E-state index contributed by atoms with van der Waals surface area (Å²) in [5.74, 6) is 0. The van der Waals surface area contributed by atoms with Crippen molar-refractivity contribution in [2.75, 3.05) is 0 Å². The van der Waals surface area contributed by atoms with Crippen LogP contribution in [0.25, 0.3) is 0 Å². The molecule has 0 N–H and O–H groups in total. The molecule has 0 aromatic heterocycles. The fourth-order valence-corrected chi connectivity index (χ4v) is 1.12. The molecule has 0 aromatic carbocycles. The largest absolute Gasteiger partial charge is 0.461 e. The SMILES string of the molecule is CCCC1(OC=O)CC1. The molecule has 2 heteroatoms. The van der Waals surface area contributed by atoms with Gasteiger partial charge in [0.1, 0.15) is 5.60 Å². The van der Waals surface area contributed by atoms with Crippen LogP contribution in [-0.4, -0.2) is 12.1 Å². The second kappa shape index (κ2) is 2.38. The van der Waals surface area contributed by atoms with E-state index in [9.17, 15) is 4.79 Å². The Balaban J connectivity index is 2.24. The zero-order valence-electron chi connectivity index (χ0n) is 5.72. The number of rotatable bonds is 4. The van der Waals surface area contributed by atoms with Crippen molar-refractivity contribution in [1.29, 1.82) is 0 Å². The van der Waals surface area contributed by atoms with Gasteiger partial charge in [-0.05, 0) is 19.3 Å². The Labute approximate surface area is 55.2 Å². The van der Waals surface area contributed by atoms with Crippen molar-refractivity contribution in [1.82, 2.24) is 0 Å². The Bertz CT molecular complexity index is 105. The van der Waals surface area contributed by atoms with Crippen molar-refractivity contribution in [3.05, 3.63) is 0 Å². The molecule has 0 amide bonds. The van der Waals surface area contributed by atoms with Crippen molar-refractivity contribution in [3.8, 4) is 0 Å². The van der Waals surface area contributed by atoms with E-state index in [-0.39, 0.29) is 5.60 Å². The Morgan fingerprint density at radius 2 is 2.33 bits per heavy atom. The van der Waals surface area contributed by atoms with E-state index in [4.69, 9.17) is 4.74 Å². The summed E-state index contributed by atoms with van der Waals surface area (Å²) in [5.41, 5.74) is -0.0174. The van der Waals surface area contributed by atoms with E-state index in [1.807, 2.05) is 0 Å². The summed E-state index contributed by atoms with van der Waals surface area (Å²) < 4.78 is 4.90. The first-order valence-corrected chi connectivity index (χ1v) is 3.44. The third kappa shape index (κ3) is 1.44. The molecule has 0 unspecified atom stereocenters. The molecule has 0 heterocycles. The van der Waals surface area contributed by atoms with Crippen LogP contribution in [0.5, 0.6) is 0 Å². The van der Waals surface area contributed by atoms with Gasteiger partial charge in [-0.2, -0.15) is 0 Å². The summed E-state index contributed by atoms with van der Waals surface area (Å²) in [6.45, 7) is 2.68. The zero-order chi connectivity index (χ0) is 6.74. The maximum Gasteiger partial charge on any atom is 0.293 e. The molecule has 0 radical (unpaired) electrons. The van der Waals surface area contributed by atoms with Gasteiger partial charge < -0.3 is 4.74 Å². The highest BCUT2D eigenvalue weighted by molar-refractivity contribution is 5.39. The van der Waals surface area contributed by atoms with Crippen LogP contribution in [0.15, 0.2) is 0 Å². The van der Waals surface area contributed by atoms with Gasteiger partial charge in [-0.25, -0.2) is 0 Å². The summed E-state index contributed by atoms with van der Waals surface area (Å²) in [7, 11) is 0. The number of hydrogen-bond acceptors (Lipinski definition) is 2. The van der Waals surface area contributed by atoms with E-state index in [1.54, 1.807) is 0 Å². The fourth-order valence-electron chi connectivity index (χ4n) is 1.12. The molecule has 1 fully saturated rings. The number of carbonyl (C=O) groups is 1. The van der Waals surface area contributed by atoms with Crippen LogP contribution in [0, 0.1) is 0 Å². The van der Waals surface area contributed by atoms with Gasteiger partial charge in [0, 0.05) is 0 Å². The lowest BCUT2D eigenvalue weighted by Crippen LogP contribution is -2.11. The van der Waals surface area contributed by atoms with Crippen molar-refractivity contribution >= 4 is 6.47 Å². The minimum Gasteiger partial charge on any atom is -0.461 e. The van der Waals surface area contributed by atoms with Gasteiger partial charge in [0.25, 0.3) is 6.47 Å². The number of hydrogen-bond donors (Lipinski definition) is 0. The van der Waals surface area contributed by atoms with Gasteiger partial charge in [0.05, 0.1) is 0 Å². The summed E-state index contributed by atoms with van der Waals surface area (Å²) in [5, 5.41) is 0. The van der Waals surface area contributed by atoms with Crippen LogP contribution in [0.4, 0.5) is 0 Å². The lowest BCUT2D eigenvalue weighted by molar-refractivity contribution is -0.135. The maximum absolute atomic E-state index is 9.91. The van der Waals surface area contributed by atoms with Gasteiger partial charge in [-0.3, -0.25) is 4.79 Å². The van der Waals surface area contributed by atoms with E-state index in [0.29, 0.717) is 6.47 Å². The average molecular weight is 128 g/mol. The highest BCUT2D eigenvalue weighted by atomic mass is 16.5. The molecular formula is C7H12O2. The van der Waals surface area contributed by atoms with Gasteiger partial charge in [-0.15, -0.1) is 0 Å². The van der Waals surface area contributed by atoms with E-state index >= 15 is 0 Å². The molecule has 0 aromatic rings. The highest BCUT2D eigenvalue weighted by Gasteiger charge is 2.43. The summed E-state index contributed by atoms with van der Waals surface area (Å²) in [6.07, 6.45) is 4.28. The van der Waals surface area contributed by atoms with Crippen LogP contribution in [-0.2, 0) is 9.53 Å². The lowest BCUT2D eigenvalue weighted by atomic mass is 10.2. The molecule has 1 aliphatic carbocycles. The smallest absolute Gasteiger partial charge is 0.293 e. The Hall–Kier alpha value is -0.530. The monoisotopic (exact) mass is 128 g/mol. The Morgan fingerprint density at radius 1 is 1.67 bits per heavy atom. The predicted octanol–water partition coefficient (Wildman–Crippen LogP) is 1.49. The first-order chi connectivity index (χ1) is 4.33. The minimum absolute atomic E-state index is 0.0174. The van der Waals surface area contributed by atoms with Gasteiger partial charge >= 0.3 is 0 Å². The zero-order valence-corrected chi connectivity index (χ0v) is 5.72. The average Bonchev–Trinajstić information content (AvgIpc) is 2.51. The molecule has 52 valence electrons. The predicted molar refractivity (Wildman–Crippen MR) is 34.0 cm³/mol. The molecular weight excluding hydrogens is 116 g/mol. The number of carbonyl (C=O) groups excluding carboxylic acids is 1. The van der Waals surface area contributed by atoms with Crippen LogP contribution in [0.1, 0.15) is 32.6 Å². The van der Waals surface area contributed by atoms with Crippen molar-refractivity contribution < 1.29 is 9.53 Å². The van der Waals surface area contributed by atoms with Crippen molar-refractivity contribution in [2.24, 2.45) is 0 Å². The Kier molecular flexibility index (Phi) is 1.74. The highest BCUT2D eigenvalue weighted by Crippen LogP contribution is 2.42. The Morgan fingerprint density at radius 3 is 2.67 bits per heavy atom. The standard InChI is InChI=1S/C7H12O2/c1-2-3-7(4-5-7)9-6-8/h6H,2-5H2,1H3. The third-order valence-electron chi connectivity index (χ3n) is 1.81. The fraction of sp³-hybridized carbons (Fsp3) is 0.857. The normalized spacial score (nSPS) is 21.0. The van der Waals surface area contributed by atoms with Crippen LogP contribution in [0.2, 0.25) is 0 Å². The third-order valence-corrected chi connectivity index (χ3v) is 1.81. The molecule has 0 bridgehead atoms. The van der Waals surface area contributed by atoms with Gasteiger partial charge in [-0.1, -0.05) is 13.3 Å². The minimum atomic E-state index is -0.0174. The van der Waals surface area contributed by atoms with E-state index in [1.165, 1.54) is 0 Å². The lowest BCUT2D eigenvalue weighted by Gasteiger charge is -2.09. The van der Waals surface area contributed by atoms with E-state index in [0.717, 1.165) is 25.7 Å². The molecule has 0 spiro atoms. The van der Waals surface area contributed by atoms with E-state index in [2.05, 4.69) is 6.92 Å². The summed E-state index contributed by atoms with van der Waals surface area (Å²) in [4.78, 5) is 9.91. The quantitative estimate of drug-likeness (QED) is 0.536. The van der Waals surface area contributed by atoms with Crippen LogP contribution < -0.4 is 0 Å². The van der Waals surface area contributed by atoms with Crippen molar-refractivity contribution in [2.45, 2.75) is 38.2 Å². The molecule has 0 saturated heterocycles. The molecule has 9 heavy (non-hydrogen) atoms.